The van der Waals surface area contributed by atoms with E-state index >= 15 is 0 Å². The van der Waals surface area contributed by atoms with Gasteiger partial charge in [0.2, 0.25) is 0 Å². The van der Waals surface area contributed by atoms with Gasteiger partial charge in [0, 0.05) is 6.08 Å². The van der Waals surface area contributed by atoms with Gasteiger partial charge in [-0.25, -0.2) is 9.59 Å². The van der Waals surface area contributed by atoms with Crippen LogP contribution in [0.2, 0.25) is 0 Å². The van der Waals surface area contributed by atoms with Crippen LogP contribution in [0.15, 0.2) is 12.7 Å². The van der Waals surface area contributed by atoms with Crippen LogP contribution in [0.5, 0.6) is 0 Å². The monoisotopic (exact) mass is 204 g/mol. The molecular weight excluding hydrogens is 192 g/mol. The maximum absolute atomic E-state index is 10.5. The third-order valence-electron chi connectivity index (χ3n) is 1.09. The van der Waals surface area contributed by atoms with Crippen molar-refractivity contribution in [2.24, 2.45) is 0 Å². The molecule has 80 valence electrons. The molecule has 0 rings (SSSR count). The van der Waals surface area contributed by atoms with Crippen molar-refractivity contribution in [2.75, 3.05) is 26.4 Å². The molecule has 0 amide bonds. The van der Waals surface area contributed by atoms with Crippen LogP contribution in [0.3, 0.4) is 0 Å². The number of carbonyl (C=O) groups is 2. The summed E-state index contributed by atoms with van der Waals surface area (Å²) in [6.07, 6.45) is -0.292. The maximum atomic E-state index is 10.5. The largest absolute Gasteiger partial charge is 0.505 e. The summed E-state index contributed by atoms with van der Waals surface area (Å²) < 4.78 is 13.6. The summed E-state index contributed by atoms with van der Waals surface area (Å²) in [5, 5.41) is 8.06. The zero-order chi connectivity index (χ0) is 10.8. The molecule has 0 aromatic heterocycles. The Morgan fingerprint density at radius 1 is 1.14 bits per heavy atom. The van der Waals surface area contributed by atoms with Gasteiger partial charge in [-0.1, -0.05) is 6.58 Å². The van der Waals surface area contributed by atoms with Crippen LogP contribution < -0.4 is 0 Å². The van der Waals surface area contributed by atoms with Crippen LogP contribution in [0, 0.1) is 0 Å². The molecule has 0 radical (unpaired) electrons. The molecule has 0 heterocycles. The van der Waals surface area contributed by atoms with E-state index < -0.39 is 12.1 Å². The zero-order valence-corrected chi connectivity index (χ0v) is 7.60. The van der Waals surface area contributed by atoms with Crippen LogP contribution in [0.25, 0.3) is 0 Å². The first-order valence-corrected chi connectivity index (χ1v) is 3.89. The van der Waals surface area contributed by atoms with Crippen LogP contribution in [0.1, 0.15) is 0 Å². The molecule has 6 nitrogen and oxygen atoms in total. The Morgan fingerprint density at radius 2 is 1.71 bits per heavy atom. The molecule has 0 atom stereocenters. The zero-order valence-electron chi connectivity index (χ0n) is 7.60. The molecule has 0 spiro atoms. The minimum Gasteiger partial charge on any atom is -0.460 e. The van der Waals surface area contributed by atoms with E-state index in [9.17, 15) is 9.59 Å². The van der Waals surface area contributed by atoms with E-state index in [-0.39, 0.29) is 26.4 Å². The van der Waals surface area contributed by atoms with Crippen molar-refractivity contribution in [1.82, 2.24) is 0 Å². The van der Waals surface area contributed by atoms with Crippen LogP contribution in [-0.4, -0.2) is 43.7 Å². The smallest absolute Gasteiger partial charge is 0.460 e. The quantitative estimate of drug-likeness (QED) is 0.368. The van der Waals surface area contributed by atoms with Gasteiger partial charge in [-0.05, 0) is 0 Å². The first-order chi connectivity index (χ1) is 6.66. The van der Waals surface area contributed by atoms with E-state index in [2.05, 4.69) is 16.1 Å². The summed E-state index contributed by atoms with van der Waals surface area (Å²) in [5.74, 6) is -0.518. The number of carboxylic acid groups (broad SMARTS) is 1. The SMILES string of the molecule is C=CC(=O)OCCOCCOC(=O)O. The molecule has 0 aromatic carbocycles. The molecule has 0 aliphatic rings. The van der Waals surface area contributed by atoms with Crippen LogP contribution >= 0.6 is 0 Å². The highest BCUT2D eigenvalue weighted by Gasteiger charge is 1.97. The van der Waals surface area contributed by atoms with Gasteiger partial charge in [0.1, 0.15) is 13.2 Å². The summed E-state index contributed by atoms with van der Waals surface area (Å²) >= 11 is 0. The number of rotatable bonds is 7. The fourth-order valence-corrected chi connectivity index (χ4v) is 0.550. The third kappa shape index (κ3) is 8.54. The Kier molecular flexibility index (Phi) is 7.16. The minimum atomic E-state index is -1.34. The van der Waals surface area contributed by atoms with Gasteiger partial charge in [0.05, 0.1) is 13.2 Å². The number of carbonyl (C=O) groups excluding carboxylic acids is 1. The van der Waals surface area contributed by atoms with Crippen molar-refractivity contribution in [3.05, 3.63) is 12.7 Å². The van der Waals surface area contributed by atoms with Crippen molar-refractivity contribution in [3.8, 4) is 0 Å². The standard InChI is InChI=1S/C8H12O6/c1-2-7(9)13-5-3-12-4-6-14-8(10)11/h2H,1,3-6H2,(H,10,11). The second kappa shape index (κ2) is 8.06. The first kappa shape index (κ1) is 12.4. The Bertz CT molecular complexity index is 200. The lowest BCUT2D eigenvalue weighted by Gasteiger charge is -2.03. The third-order valence-corrected chi connectivity index (χ3v) is 1.09. The highest BCUT2D eigenvalue weighted by molar-refractivity contribution is 5.81. The normalized spacial score (nSPS) is 9.14. The van der Waals surface area contributed by atoms with Gasteiger partial charge in [-0.2, -0.15) is 0 Å². The Morgan fingerprint density at radius 3 is 2.21 bits per heavy atom. The van der Waals surface area contributed by atoms with Gasteiger partial charge >= 0.3 is 12.1 Å². The fourth-order valence-electron chi connectivity index (χ4n) is 0.550. The summed E-state index contributed by atoms with van der Waals surface area (Å²) in [4.78, 5) is 20.3. The van der Waals surface area contributed by atoms with Gasteiger partial charge in [-0.15, -0.1) is 0 Å². The van der Waals surface area contributed by atoms with Crippen molar-refractivity contribution in [3.63, 3.8) is 0 Å². The van der Waals surface area contributed by atoms with Gasteiger partial charge in [-0.3, -0.25) is 0 Å². The minimum absolute atomic E-state index is 0.0370. The average Bonchev–Trinajstić information content (AvgIpc) is 2.15. The van der Waals surface area contributed by atoms with E-state index in [1.807, 2.05) is 0 Å². The Hall–Kier alpha value is -1.56. The lowest BCUT2D eigenvalue weighted by Crippen LogP contribution is -2.12. The molecule has 14 heavy (non-hydrogen) atoms. The second-order valence-corrected chi connectivity index (χ2v) is 2.10. The molecule has 0 saturated carbocycles. The van der Waals surface area contributed by atoms with Crippen molar-refractivity contribution >= 4 is 12.1 Å². The molecule has 0 aliphatic carbocycles. The molecule has 0 saturated heterocycles. The predicted octanol–water partition coefficient (Wildman–Crippen LogP) is 0.427. The molecule has 0 fully saturated rings. The van der Waals surface area contributed by atoms with E-state index in [1.54, 1.807) is 0 Å². The lowest BCUT2D eigenvalue weighted by molar-refractivity contribution is -0.139. The number of esters is 1. The summed E-state index contributed by atoms with van der Waals surface area (Å²) in [5.41, 5.74) is 0. The molecule has 0 unspecified atom stereocenters. The highest BCUT2D eigenvalue weighted by Crippen LogP contribution is 1.83. The van der Waals surface area contributed by atoms with Crippen molar-refractivity contribution < 1.29 is 28.9 Å². The highest BCUT2D eigenvalue weighted by atomic mass is 16.7. The predicted molar refractivity (Wildman–Crippen MR) is 46.0 cm³/mol. The van der Waals surface area contributed by atoms with Crippen LogP contribution in [-0.2, 0) is 19.0 Å². The maximum Gasteiger partial charge on any atom is 0.505 e. The van der Waals surface area contributed by atoms with E-state index in [0.29, 0.717) is 0 Å². The summed E-state index contributed by atoms with van der Waals surface area (Å²) in [6.45, 7) is 3.61. The molecule has 6 heteroatoms. The molecule has 0 aromatic rings. The van der Waals surface area contributed by atoms with E-state index in [0.717, 1.165) is 6.08 Å². The van der Waals surface area contributed by atoms with Gasteiger partial charge in [0.25, 0.3) is 0 Å². The molecule has 0 aliphatic heterocycles. The summed E-state index contributed by atoms with van der Waals surface area (Å²) in [7, 11) is 0. The average molecular weight is 204 g/mol. The topological polar surface area (TPSA) is 82.1 Å². The molecule has 1 N–H and O–H groups in total. The van der Waals surface area contributed by atoms with E-state index in [4.69, 9.17) is 9.84 Å². The van der Waals surface area contributed by atoms with Gasteiger partial charge < -0.3 is 19.3 Å². The van der Waals surface area contributed by atoms with Crippen molar-refractivity contribution in [2.45, 2.75) is 0 Å². The Balaban J connectivity index is 3.10. The second-order valence-electron chi connectivity index (χ2n) is 2.10. The number of hydrogen-bond donors (Lipinski definition) is 1. The molecular formula is C8H12O6. The number of hydrogen-bond acceptors (Lipinski definition) is 5. The van der Waals surface area contributed by atoms with Gasteiger partial charge in [0.15, 0.2) is 0 Å². The van der Waals surface area contributed by atoms with Crippen LogP contribution in [0.4, 0.5) is 4.79 Å². The Labute approximate surface area is 81.1 Å². The lowest BCUT2D eigenvalue weighted by atomic mass is 10.6. The number of ether oxygens (including phenoxy) is 3. The van der Waals surface area contributed by atoms with Crippen molar-refractivity contribution in [1.29, 1.82) is 0 Å². The first-order valence-electron chi connectivity index (χ1n) is 3.89. The molecule has 0 bridgehead atoms. The van der Waals surface area contributed by atoms with E-state index in [1.165, 1.54) is 0 Å². The summed E-state index contributed by atoms with van der Waals surface area (Å²) in [6, 6.07) is 0. The fraction of sp³-hybridized carbons (Fsp3) is 0.500.